The number of rotatable bonds is 3. The van der Waals surface area contributed by atoms with Crippen molar-refractivity contribution in [3.63, 3.8) is 0 Å². The molecule has 0 saturated heterocycles. The van der Waals surface area contributed by atoms with Crippen LogP contribution in [0.15, 0.2) is 61.2 Å². The Bertz CT molecular complexity index is 835. The van der Waals surface area contributed by atoms with Crippen LogP contribution in [0.1, 0.15) is 5.01 Å². The van der Waals surface area contributed by atoms with E-state index in [4.69, 9.17) is 17.3 Å². The molecule has 0 aliphatic heterocycles. The molecule has 2 aromatic carbocycles. The van der Waals surface area contributed by atoms with Gasteiger partial charge in [0.2, 0.25) is 5.69 Å². The van der Waals surface area contributed by atoms with Crippen LogP contribution in [-0.4, -0.2) is 0 Å². The first kappa shape index (κ1) is 13.9. The van der Waals surface area contributed by atoms with E-state index < -0.39 is 0 Å². The van der Waals surface area contributed by atoms with Crippen molar-refractivity contribution in [1.29, 1.82) is 0 Å². The van der Waals surface area contributed by atoms with Gasteiger partial charge < -0.3 is 5.73 Å². The van der Waals surface area contributed by atoms with Crippen LogP contribution in [0.4, 0.5) is 5.69 Å². The molecule has 0 saturated carbocycles. The van der Waals surface area contributed by atoms with E-state index in [0.29, 0.717) is 10.7 Å². The molecule has 0 fully saturated rings. The molecule has 1 aromatic heterocycles. The molecule has 0 amide bonds. The third-order valence-electron chi connectivity index (χ3n) is 3.17. The van der Waals surface area contributed by atoms with Gasteiger partial charge in [0, 0.05) is 18.2 Å². The van der Waals surface area contributed by atoms with E-state index in [2.05, 4.69) is 23.3 Å². The molecule has 0 aliphatic carbocycles. The van der Waals surface area contributed by atoms with Crippen LogP contribution in [0.3, 0.4) is 0 Å². The molecule has 2 nitrogen and oxygen atoms in total. The normalized spacial score (nSPS) is 11.3. The lowest BCUT2D eigenvalue weighted by molar-refractivity contribution is -0.563. The number of anilines is 1. The summed E-state index contributed by atoms with van der Waals surface area (Å²) in [4.78, 5) is 0. The van der Waals surface area contributed by atoms with Gasteiger partial charge in [-0.2, -0.15) is 0 Å². The molecule has 0 bridgehead atoms. The number of aromatic nitrogens is 1. The zero-order valence-corrected chi connectivity index (χ0v) is 12.9. The molecule has 1 heterocycles. The number of nitrogens with zero attached hydrogens (tertiary/aromatic N) is 1. The second-order valence-electron chi connectivity index (χ2n) is 4.51. The second-order valence-corrected chi connectivity index (χ2v) is 5.98. The lowest BCUT2D eigenvalue weighted by atomic mass is 10.2. The number of para-hydroxylation sites is 1. The lowest BCUT2D eigenvalue weighted by Gasteiger charge is -1.99. The van der Waals surface area contributed by atoms with Crippen molar-refractivity contribution in [2.75, 3.05) is 5.73 Å². The fourth-order valence-corrected chi connectivity index (χ4v) is 3.48. The number of nitrogen functional groups attached to an aromatic ring is 1. The Kier molecular flexibility index (Phi) is 3.78. The zero-order valence-electron chi connectivity index (χ0n) is 11.3. The molecular weight excluding hydrogens is 300 g/mol. The Morgan fingerprint density at radius 1 is 1.14 bits per heavy atom. The molecule has 21 heavy (non-hydrogen) atoms. The van der Waals surface area contributed by atoms with E-state index in [0.717, 1.165) is 20.9 Å². The number of benzene rings is 2. The molecule has 2 N–H and O–H groups in total. The van der Waals surface area contributed by atoms with Gasteiger partial charge >= 0.3 is 0 Å². The molecule has 3 rings (SSSR count). The van der Waals surface area contributed by atoms with Crippen molar-refractivity contribution in [3.8, 4) is 5.69 Å². The first-order valence-corrected chi connectivity index (χ1v) is 7.69. The van der Waals surface area contributed by atoms with Crippen molar-refractivity contribution >= 4 is 44.9 Å². The van der Waals surface area contributed by atoms with E-state index in [-0.39, 0.29) is 0 Å². The second kappa shape index (κ2) is 5.72. The van der Waals surface area contributed by atoms with Crippen LogP contribution in [0.2, 0.25) is 5.02 Å². The van der Waals surface area contributed by atoms with Crippen molar-refractivity contribution < 1.29 is 4.57 Å². The third kappa shape index (κ3) is 2.46. The maximum Gasteiger partial charge on any atom is 0.268 e. The molecular formula is C17H14ClN2S+. The van der Waals surface area contributed by atoms with Crippen LogP contribution in [0.25, 0.3) is 22.0 Å². The number of allylic oxidation sites excluding steroid dienone is 2. The standard InChI is InChI=1S/C17H14ClN2S/c1-2-3-9-15-20(12-7-5-4-6-8-12)17-14(21-15)11-10-13(18)16(17)19/h2-11H,1,19H2/q+1. The van der Waals surface area contributed by atoms with E-state index in [1.807, 2.05) is 42.5 Å². The van der Waals surface area contributed by atoms with Crippen molar-refractivity contribution in [3.05, 3.63) is 71.2 Å². The Morgan fingerprint density at radius 2 is 1.90 bits per heavy atom. The fraction of sp³-hybridized carbons (Fsp3) is 0. The quantitative estimate of drug-likeness (QED) is 0.427. The number of hydrogen-bond donors (Lipinski definition) is 1. The fourth-order valence-electron chi connectivity index (χ4n) is 2.24. The van der Waals surface area contributed by atoms with E-state index in [1.54, 1.807) is 17.4 Å². The lowest BCUT2D eigenvalue weighted by Crippen LogP contribution is -2.32. The van der Waals surface area contributed by atoms with Crippen LogP contribution in [0, 0.1) is 0 Å². The Balaban J connectivity index is 2.39. The summed E-state index contributed by atoms with van der Waals surface area (Å²) in [7, 11) is 0. The Hall–Kier alpha value is -2.10. The van der Waals surface area contributed by atoms with Crippen molar-refractivity contribution in [2.45, 2.75) is 0 Å². The third-order valence-corrected chi connectivity index (χ3v) is 4.58. The highest BCUT2D eigenvalue weighted by Crippen LogP contribution is 2.32. The summed E-state index contributed by atoms with van der Waals surface area (Å²) in [5, 5.41) is 1.65. The Labute approximate surface area is 132 Å². The number of fused-ring (bicyclic) bond motifs is 1. The molecule has 0 atom stereocenters. The molecule has 3 aromatic rings. The van der Waals surface area contributed by atoms with E-state index in [9.17, 15) is 0 Å². The highest BCUT2D eigenvalue weighted by molar-refractivity contribution is 7.19. The van der Waals surface area contributed by atoms with Crippen LogP contribution in [-0.2, 0) is 0 Å². The predicted octanol–water partition coefficient (Wildman–Crippen LogP) is 4.61. The summed E-state index contributed by atoms with van der Waals surface area (Å²) in [6.45, 7) is 3.73. The van der Waals surface area contributed by atoms with Gasteiger partial charge in [-0.15, -0.1) is 4.57 Å². The average molecular weight is 314 g/mol. The first-order chi connectivity index (χ1) is 10.2. The minimum Gasteiger partial charge on any atom is -0.392 e. The largest absolute Gasteiger partial charge is 0.392 e. The molecule has 0 radical (unpaired) electrons. The monoisotopic (exact) mass is 313 g/mol. The maximum absolute atomic E-state index is 6.21. The summed E-state index contributed by atoms with van der Waals surface area (Å²) < 4.78 is 3.23. The highest BCUT2D eigenvalue weighted by Gasteiger charge is 2.24. The van der Waals surface area contributed by atoms with E-state index in [1.165, 1.54) is 0 Å². The van der Waals surface area contributed by atoms with Gasteiger partial charge in [0.25, 0.3) is 10.5 Å². The summed E-state index contributed by atoms with van der Waals surface area (Å²) >= 11 is 7.86. The van der Waals surface area contributed by atoms with Gasteiger partial charge in [0.15, 0.2) is 0 Å². The van der Waals surface area contributed by atoms with Gasteiger partial charge in [0.05, 0.1) is 5.02 Å². The smallest absolute Gasteiger partial charge is 0.268 e. The van der Waals surface area contributed by atoms with Gasteiger partial charge in [0.1, 0.15) is 10.4 Å². The zero-order chi connectivity index (χ0) is 14.8. The number of thiazole rings is 1. The molecule has 0 spiro atoms. The molecule has 104 valence electrons. The minimum atomic E-state index is 0.573. The summed E-state index contributed by atoms with van der Waals surface area (Å²) in [6, 6.07) is 14.0. The summed E-state index contributed by atoms with van der Waals surface area (Å²) in [5.41, 5.74) is 8.82. The Morgan fingerprint density at radius 3 is 2.62 bits per heavy atom. The van der Waals surface area contributed by atoms with E-state index >= 15 is 0 Å². The van der Waals surface area contributed by atoms with Gasteiger partial charge in [-0.1, -0.05) is 59.9 Å². The number of hydrogen-bond acceptors (Lipinski definition) is 2. The van der Waals surface area contributed by atoms with Gasteiger partial charge in [-0.05, 0) is 12.1 Å². The predicted molar refractivity (Wildman–Crippen MR) is 92.0 cm³/mol. The average Bonchev–Trinajstić information content (AvgIpc) is 2.89. The van der Waals surface area contributed by atoms with Crippen molar-refractivity contribution in [2.24, 2.45) is 0 Å². The van der Waals surface area contributed by atoms with Crippen molar-refractivity contribution in [1.82, 2.24) is 0 Å². The number of halogens is 1. The number of nitrogens with two attached hydrogens (primary N) is 1. The van der Waals surface area contributed by atoms with Crippen LogP contribution in [0.5, 0.6) is 0 Å². The van der Waals surface area contributed by atoms with Crippen LogP contribution < -0.4 is 10.3 Å². The maximum atomic E-state index is 6.21. The van der Waals surface area contributed by atoms with Gasteiger partial charge in [-0.25, -0.2) is 0 Å². The molecule has 0 aliphatic rings. The minimum absolute atomic E-state index is 0.573. The van der Waals surface area contributed by atoms with Gasteiger partial charge in [-0.3, -0.25) is 0 Å². The highest BCUT2D eigenvalue weighted by atomic mass is 35.5. The SMILES string of the molecule is C=CC=Cc1sc2ccc(Cl)c(N)c2[n+]1-c1ccccc1. The van der Waals surface area contributed by atoms with Crippen LogP contribution >= 0.6 is 22.9 Å². The first-order valence-electron chi connectivity index (χ1n) is 6.49. The topological polar surface area (TPSA) is 29.9 Å². The summed E-state index contributed by atoms with van der Waals surface area (Å²) in [6.07, 6.45) is 5.70. The molecule has 4 heteroatoms. The molecule has 0 unspecified atom stereocenters. The summed E-state index contributed by atoms with van der Waals surface area (Å²) in [5.74, 6) is 0.